The van der Waals surface area contributed by atoms with Gasteiger partial charge in [-0.3, -0.25) is 0 Å². The summed E-state index contributed by atoms with van der Waals surface area (Å²) < 4.78 is 6.33. The van der Waals surface area contributed by atoms with Gasteiger partial charge in [-0.2, -0.15) is 0 Å². The fourth-order valence-electron chi connectivity index (χ4n) is 4.39. The molecule has 0 N–H and O–H groups in total. The van der Waals surface area contributed by atoms with Gasteiger partial charge < -0.3 is 24.3 Å². The Hall–Kier alpha value is -1.31. The number of likely N-dealkylation sites (tertiary alicyclic amines) is 1. The molecule has 0 spiro atoms. The van der Waals surface area contributed by atoms with Crippen LogP contribution in [0.5, 0.6) is 5.06 Å². The lowest BCUT2D eigenvalue weighted by Crippen LogP contribution is -2.52. The van der Waals surface area contributed by atoms with Crippen molar-refractivity contribution in [3.05, 3.63) is 16.5 Å². The van der Waals surface area contributed by atoms with Crippen molar-refractivity contribution in [1.82, 2.24) is 19.6 Å². The number of urea groups is 1. The van der Waals surface area contributed by atoms with Gasteiger partial charge in [0.05, 0.1) is 6.54 Å². The van der Waals surface area contributed by atoms with Crippen molar-refractivity contribution in [3.8, 4) is 5.06 Å². The topological polar surface area (TPSA) is 39.3 Å². The molecule has 0 aromatic carbocycles. The third kappa shape index (κ3) is 4.47. The van der Waals surface area contributed by atoms with Crippen LogP contribution in [0.15, 0.2) is 6.07 Å². The predicted molar refractivity (Wildman–Crippen MR) is 113 cm³/mol. The van der Waals surface area contributed by atoms with E-state index in [1.54, 1.807) is 11.3 Å². The van der Waals surface area contributed by atoms with Gasteiger partial charge in [-0.15, -0.1) is 11.3 Å². The van der Waals surface area contributed by atoms with Gasteiger partial charge >= 0.3 is 6.03 Å². The van der Waals surface area contributed by atoms with E-state index < -0.39 is 0 Å². The summed E-state index contributed by atoms with van der Waals surface area (Å²) >= 11 is 1.75. The Morgan fingerprint density at radius 3 is 2.46 bits per heavy atom. The molecule has 156 valence electrons. The molecule has 28 heavy (non-hydrogen) atoms. The molecule has 0 aliphatic carbocycles. The average Bonchev–Trinajstić information content (AvgIpc) is 3.09. The third-order valence-electron chi connectivity index (χ3n) is 6.39. The monoisotopic (exact) mass is 406 g/mol. The Labute approximate surface area is 173 Å². The number of thiophene rings is 1. The second kappa shape index (κ2) is 8.59. The maximum absolute atomic E-state index is 12.9. The van der Waals surface area contributed by atoms with Gasteiger partial charge in [0, 0.05) is 56.7 Å². The van der Waals surface area contributed by atoms with Crippen LogP contribution in [-0.2, 0) is 13.0 Å². The average molecular weight is 407 g/mol. The van der Waals surface area contributed by atoms with Crippen LogP contribution < -0.4 is 4.74 Å². The van der Waals surface area contributed by atoms with Crippen LogP contribution in [0, 0.1) is 0 Å². The molecule has 0 radical (unpaired) electrons. The first-order chi connectivity index (χ1) is 13.5. The van der Waals surface area contributed by atoms with E-state index in [0.29, 0.717) is 12.1 Å². The van der Waals surface area contributed by atoms with Crippen molar-refractivity contribution in [1.29, 1.82) is 0 Å². The summed E-state index contributed by atoms with van der Waals surface area (Å²) in [6, 6.07) is 3.06. The number of hydrogen-bond acceptors (Lipinski definition) is 5. The number of piperazine rings is 1. The molecule has 3 aliphatic rings. The summed E-state index contributed by atoms with van der Waals surface area (Å²) in [7, 11) is 2.12. The van der Waals surface area contributed by atoms with Gasteiger partial charge in [-0.05, 0) is 51.8 Å². The number of nitrogens with zero attached hydrogens (tertiary/aromatic N) is 4. The van der Waals surface area contributed by atoms with E-state index in [0.717, 1.165) is 76.7 Å². The molecule has 4 rings (SSSR count). The van der Waals surface area contributed by atoms with E-state index in [4.69, 9.17) is 4.74 Å². The normalized spacial score (nSPS) is 22.6. The lowest BCUT2D eigenvalue weighted by Gasteiger charge is -2.37. The molecule has 6 nitrogen and oxygen atoms in total. The first-order valence-electron chi connectivity index (χ1n) is 10.7. The summed E-state index contributed by atoms with van der Waals surface area (Å²) in [6.45, 7) is 12.0. The van der Waals surface area contributed by atoms with Gasteiger partial charge in [0.1, 0.15) is 6.10 Å². The highest BCUT2D eigenvalue weighted by atomic mass is 32.1. The van der Waals surface area contributed by atoms with Gasteiger partial charge in [0.2, 0.25) is 0 Å². The fraction of sp³-hybridized carbons (Fsp3) is 0.762. The molecule has 0 atom stereocenters. The smallest absolute Gasteiger partial charge is 0.320 e. The Morgan fingerprint density at radius 2 is 1.79 bits per heavy atom. The molecule has 4 heterocycles. The molecular formula is C21H34N4O2S. The van der Waals surface area contributed by atoms with Crippen LogP contribution in [0.4, 0.5) is 4.79 Å². The van der Waals surface area contributed by atoms with Gasteiger partial charge in [0.15, 0.2) is 5.06 Å². The molecule has 1 aromatic heterocycles. The van der Waals surface area contributed by atoms with E-state index in [9.17, 15) is 4.79 Å². The number of amides is 2. The number of carbonyl (C=O) groups excluding carboxylic acids is 1. The molecule has 0 saturated carbocycles. The van der Waals surface area contributed by atoms with Crippen LogP contribution in [0.1, 0.15) is 37.1 Å². The minimum atomic E-state index is 0.204. The molecule has 2 fully saturated rings. The Kier molecular flexibility index (Phi) is 6.13. The number of likely N-dealkylation sites (N-methyl/N-ethyl adjacent to an activating group) is 1. The number of fused-ring (bicyclic) bond motifs is 1. The largest absolute Gasteiger partial charge is 0.481 e. The van der Waals surface area contributed by atoms with Crippen molar-refractivity contribution in [2.75, 3.05) is 52.9 Å². The van der Waals surface area contributed by atoms with E-state index in [2.05, 4.69) is 36.8 Å². The number of ether oxygens (including phenoxy) is 1. The first kappa shape index (κ1) is 20.0. The summed E-state index contributed by atoms with van der Waals surface area (Å²) in [5.41, 5.74) is 1.38. The van der Waals surface area contributed by atoms with Crippen LogP contribution in [0.2, 0.25) is 0 Å². The standard InChI is InChI=1S/C21H34N4O2S/c1-16(2)23-8-5-18(6-9-23)27-20-14-17-4-7-25(15-19(17)28-20)21(26)24-12-10-22(3)11-13-24/h14,16,18H,4-13,15H2,1-3H3. The lowest BCUT2D eigenvalue weighted by atomic mass is 10.1. The van der Waals surface area contributed by atoms with Crippen LogP contribution >= 0.6 is 11.3 Å². The van der Waals surface area contributed by atoms with Crippen molar-refractivity contribution in [3.63, 3.8) is 0 Å². The van der Waals surface area contributed by atoms with Crippen LogP contribution in [-0.4, -0.2) is 90.6 Å². The minimum absolute atomic E-state index is 0.204. The van der Waals surface area contributed by atoms with E-state index in [-0.39, 0.29) is 6.03 Å². The summed E-state index contributed by atoms with van der Waals surface area (Å²) in [5.74, 6) is 0. The Bertz CT molecular complexity index is 676. The van der Waals surface area contributed by atoms with Crippen molar-refractivity contribution in [2.24, 2.45) is 0 Å². The van der Waals surface area contributed by atoms with Crippen LogP contribution in [0.3, 0.4) is 0 Å². The fourth-order valence-corrected chi connectivity index (χ4v) is 5.53. The highest BCUT2D eigenvalue weighted by Gasteiger charge is 2.29. The van der Waals surface area contributed by atoms with Gasteiger partial charge in [-0.1, -0.05) is 0 Å². The predicted octanol–water partition coefficient (Wildman–Crippen LogP) is 2.73. The summed E-state index contributed by atoms with van der Waals surface area (Å²) in [4.78, 5) is 23.0. The number of piperidine rings is 1. The molecule has 2 amide bonds. The highest BCUT2D eigenvalue weighted by molar-refractivity contribution is 7.14. The van der Waals surface area contributed by atoms with E-state index >= 15 is 0 Å². The minimum Gasteiger partial charge on any atom is -0.481 e. The Balaban J connectivity index is 1.32. The zero-order valence-electron chi connectivity index (χ0n) is 17.5. The Morgan fingerprint density at radius 1 is 1.07 bits per heavy atom. The molecule has 2 saturated heterocycles. The lowest BCUT2D eigenvalue weighted by molar-refractivity contribution is 0.0868. The maximum atomic E-state index is 12.9. The molecule has 0 unspecified atom stereocenters. The number of hydrogen-bond donors (Lipinski definition) is 0. The number of carbonyl (C=O) groups is 1. The SMILES string of the molecule is CC(C)N1CCC(Oc2cc3c(s2)CN(C(=O)N2CCN(C)CC2)CC3)CC1. The quantitative estimate of drug-likeness (QED) is 0.774. The van der Waals surface area contributed by atoms with Crippen LogP contribution in [0.25, 0.3) is 0 Å². The van der Waals surface area contributed by atoms with Gasteiger partial charge in [-0.25, -0.2) is 4.79 Å². The number of rotatable bonds is 3. The second-order valence-corrected chi connectivity index (χ2v) is 9.80. The molecular weight excluding hydrogens is 372 g/mol. The molecule has 7 heteroatoms. The molecule has 3 aliphatic heterocycles. The summed E-state index contributed by atoms with van der Waals surface area (Å²) in [6.07, 6.45) is 3.49. The summed E-state index contributed by atoms with van der Waals surface area (Å²) in [5, 5.41) is 1.04. The highest BCUT2D eigenvalue weighted by Crippen LogP contribution is 2.35. The van der Waals surface area contributed by atoms with Crippen molar-refractivity contribution < 1.29 is 9.53 Å². The van der Waals surface area contributed by atoms with Crippen molar-refractivity contribution in [2.45, 2.75) is 51.8 Å². The zero-order chi connectivity index (χ0) is 19.7. The van der Waals surface area contributed by atoms with E-state index in [1.807, 2.05) is 9.80 Å². The third-order valence-corrected chi connectivity index (χ3v) is 7.45. The van der Waals surface area contributed by atoms with Crippen molar-refractivity contribution >= 4 is 17.4 Å². The maximum Gasteiger partial charge on any atom is 0.320 e. The van der Waals surface area contributed by atoms with Gasteiger partial charge in [0.25, 0.3) is 0 Å². The zero-order valence-corrected chi connectivity index (χ0v) is 18.3. The first-order valence-corrected chi connectivity index (χ1v) is 11.6. The second-order valence-electron chi connectivity index (χ2n) is 8.71. The molecule has 1 aromatic rings. The molecule has 0 bridgehead atoms. The van der Waals surface area contributed by atoms with E-state index in [1.165, 1.54) is 10.4 Å².